The number of aldehydes is 1. The van der Waals surface area contributed by atoms with E-state index in [1.54, 1.807) is 6.92 Å². The summed E-state index contributed by atoms with van der Waals surface area (Å²) in [6.07, 6.45) is 1.75. The number of carbonyl (C=O) groups is 2. The highest BCUT2D eigenvalue weighted by Crippen LogP contribution is 2.22. The first kappa shape index (κ1) is 15.5. The molecule has 0 radical (unpaired) electrons. The number of ether oxygens (including phenoxy) is 1. The molecule has 0 aliphatic carbocycles. The summed E-state index contributed by atoms with van der Waals surface area (Å²) in [5, 5.41) is 10.8. The monoisotopic (exact) mass is 245 g/mol. The zero-order chi connectivity index (χ0) is 13.4. The first-order valence-electron chi connectivity index (χ1n) is 5.74. The fourth-order valence-corrected chi connectivity index (χ4v) is 1.76. The highest BCUT2D eigenvalue weighted by atomic mass is 16.6. The average Bonchev–Trinajstić information content (AvgIpc) is 2.28. The summed E-state index contributed by atoms with van der Waals surface area (Å²) >= 11 is 0. The van der Waals surface area contributed by atoms with E-state index in [9.17, 15) is 19.7 Å². The number of esters is 1. The van der Waals surface area contributed by atoms with Gasteiger partial charge in [0.1, 0.15) is 12.2 Å². The minimum atomic E-state index is -1.12. The molecule has 0 rings (SSSR count). The van der Waals surface area contributed by atoms with Crippen molar-refractivity contribution in [3.05, 3.63) is 10.1 Å². The van der Waals surface area contributed by atoms with Gasteiger partial charge in [-0.1, -0.05) is 13.3 Å². The highest BCUT2D eigenvalue weighted by Gasteiger charge is 2.40. The van der Waals surface area contributed by atoms with Crippen LogP contribution in [0, 0.1) is 22.0 Å². The van der Waals surface area contributed by atoms with Gasteiger partial charge in [-0.15, -0.1) is 0 Å². The minimum Gasteiger partial charge on any atom is -0.466 e. The summed E-state index contributed by atoms with van der Waals surface area (Å²) in [4.78, 5) is 32.8. The molecule has 0 spiro atoms. The van der Waals surface area contributed by atoms with Gasteiger partial charge in [0.15, 0.2) is 0 Å². The van der Waals surface area contributed by atoms with Crippen molar-refractivity contribution in [2.24, 2.45) is 11.8 Å². The Labute approximate surface area is 100 Å². The van der Waals surface area contributed by atoms with E-state index in [0.29, 0.717) is 19.1 Å². The van der Waals surface area contributed by atoms with Gasteiger partial charge in [0, 0.05) is 17.8 Å². The third kappa shape index (κ3) is 4.50. The number of rotatable bonds is 8. The smallest absolute Gasteiger partial charge is 0.316 e. The Morgan fingerprint density at radius 2 is 2.06 bits per heavy atom. The third-order valence-electron chi connectivity index (χ3n) is 2.67. The Morgan fingerprint density at radius 3 is 2.41 bits per heavy atom. The van der Waals surface area contributed by atoms with Crippen molar-refractivity contribution in [1.29, 1.82) is 0 Å². The van der Waals surface area contributed by atoms with Crippen LogP contribution in [0.15, 0.2) is 0 Å². The van der Waals surface area contributed by atoms with Crippen molar-refractivity contribution in [3.8, 4) is 0 Å². The van der Waals surface area contributed by atoms with Crippen molar-refractivity contribution in [2.45, 2.75) is 39.7 Å². The summed E-state index contributed by atoms with van der Waals surface area (Å²) in [7, 11) is 0. The van der Waals surface area contributed by atoms with Gasteiger partial charge in [0.2, 0.25) is 6.04 Å². The zero-order valence-corrected chi connectivity index (χ0v) is 10.4. The predicted octanol–water partition coefficient (Wildman–Crippen LogP) is 1.45. The number of hydrogen-bond acceptors (Lipinski definition) is 5. The quantitative estimate of drug-likeness (QED) is 0.279. The zero-order valence-electron chi connectivity index (χ0n) is 10.4. The lowest BCUT2D eigenvalue weighted by Crippen LogP contribution is -2.39. The lowest BCUT2D eigenvalue weighted by atomic mass is 9.85. The number of nitro groups is 1. The topological polar surface area (TPSA) is 86.5 Å². The molecular formula is C11H19NO5. The predicted molar refractivity (Wildman–Crippen MR) is 61.0 cm³/mol. The molecule has 0 saturated heterocycles. The maximum Gasteiger partial charge on any atom is 0.316 e. The molecule has 0 N–H and O–H groups in total. The van der Waals surface area contributed by atoms with Crippen LogP contribution in [0.2, 0.25) is 0 Å². The van der Waals surface area contributed by atoms with Crippen molar-refractivity contribution in [2.75, 3.05) is 6.61 Å². The second-order valence-electron chi connectivity index (χ2n) is 3.89. The molecule has 0 amide bonds. The molecule has 3 atom stereocenters. The number of nitrogens with zero attached hydrogens (tertiary/aromatic N) is 1. The van der Waals surface area contributed by atoms with Crippen molar-refractivity contribution < 1.29 is 19.2 Å². The van der Waals surface area contributed by atoms with Crippen LogP contribution >= 0.6 is 0 Å². The van der Waals surface area contributed by atoms with Crippen LogP contribution in [0.5, 0.6) is 0 Å². The molecule has 0 aromatic heterocycles. The van der Waals surface area contributed by atoms with Gasteiger partial charge < -0.3 is 9.53 Å². The van der Waals surface area contributed by atoms with Gasteiger partial charge in [-0.05, 0) is 13.3 Å². The minimum absolute atomic E-state index is 0.150. The SMILES string of the molecule is CCC[C@@H](C=O)[C@@H](C(=O)OCC)[C@@H](C)[N+](=O)[O-]. The van der Waals surface area contributed by atoms with Crippen molar-refractivity contribution in [3.63, 3.8) is 0 Å². The maximum absolute atomic E-state index is 11.7. The summed E-state index contributed by atoms with van der Waals surface area (Å²) in [6, 6.07) is -1.12. The van der Waals surface area contributed by atoms with E-state index in [2.05, 4.69) is 0 Å². The molecule has 0 aromatic rings. The summed E-state index contributed by atoms with van der Waals surface area (Å²) in [5.74, 6) is -2.32. The first-order valence-corrected chi connectivity index (χ1v) is 5.74. The van der Waals surface area contributed by atoms with E-state index < -0.39 is 28.8 Å². The normalized spacial score (nSPS) is 15.7. The van der Waals surface area contributed by atoms with Crippen LogP contribution in [-0.2, 0) is 14.3 Å². The summed E-state index contributed by atoms with van der Waals surface area (Å²) in [6.45, 7) is 4.96. The van der Waals surface area contributed by atoms with E-state index in [4.69, 9.17) is 4.74 Å². The molecule has 0 heterocycles. The molecule has 0 aliphatic rings. The maximum atomic E-state index is 11.7. The fraction of sp³-hybridized carbons (Fsp3) is 0.818. The Morgan fingerprint density at radius 1 is 1.47 bits per heavy atom. The van der Waals surface area contributed by atoms with Crippen LogP contribution < -0.4 is 0 Å². The summed E-state index contributed by atoms with van der Waals surface area (Å²) in [5.41, 5.74) is 0. The van der Waals surface area contributed by atoms with Gasteiger partial charge in [0.25, 0.3) is 0 Å². The van der Waals surface area contributed by atoms with Gasteiger partial charge >= 0.3 is 5.97 Å². The van der Waals surface area contributed by atoms with E-state index in [0.717, 1.165) is 0 Å². The largest absolute Gasteiger partial charge is 0.466 e. The van der Waals surface area contributed by atoms with E-state index in [1.807, 2.05) is 6.92 Å². The Bertz CT molecular complexity index is 279. The van der Waals surface area contributed by atoms with Crippen LogP contribution in [0.3, 0.4) is 0 Å². The van der Waals surface area contributed by atoms with Crippen LogP contribution in [0.4, 0.5) is 0 Å². The van der Waals surface area contributed by atoms with Crippen molar-refractivity contribution >= 4 is 12.3 Å². The molecule has 17 heavy (non-hydrogen) atoms. The van der Waals surface area contributed by atoms with Crippen LogP contribution in [-0.4, -0.2) is 29.8 Å². The fourth-order valence-electron chi connectivity index (χ4n) is 1.76. The molecule has 6 heteroatoms. The van der Waals surface area contributed by atoms with Gasteiger partial charge in [-0.2, -0.15) is 0 Å². The average molecular weight is 245 g/mol. The Balaban J connectivity index is 4.99. The second-order valence-corrected chi connectivity index (χ2v) is 3.89. The van der Waals surface area contributed by atoms with Crippen molar-refractivity contribution in [1.82, 2.24) is 0 Å². The Kier molecular flexibility index (Phi) is 7.09. The molecule has 6 nitrogen and oxygen atoms in total. The first-order chi connectivity index (χ1) is 7.99. The molecule has 0 saturated carbocycles. The number of hydrogen-bond donors (Lipinski definition) is 0. The summed E-state index contributed by atoms with van der Waals surface area (Å²) < 4.78 is 4.80. The molecule has 0 fully saturated rings. The van der Waals surface area contributed by atoms with Gasteiger partial charge in [-0.25, -0.2) is 0 Å². The second kappa shape index (κ2) is 7.76. The lowest BCUT2D eigenvalue weighted by molar-refractivity contribution is -0.526. The van der Waals surface area contributed by atoms with Crippen LogP contribution in [0.1, 0.15) is 33.6 Å². The van der Waals surface area contributed by atoms with Gasteiger partial charge in [-0.3, -0.25) is 14.9 Å². The van der Waals surface area contributed by atoms with E-state index in [1.165, 1.54) is 6.92 Å². The van der Waals surface area contributed by atoms with E-state index in [-0.39, 0.29) is 6.61 Å². The molecule has 0 bridgehead atoms. The molecule has 0 aromatic carbocycles. The molecule has 0 unspecified atom stereocenters. The number of carbonyl (C=O) groups excluding carboxylic acids is 2. The van der Waals surface area contributed by atoms with Gasteiger partial charge in [0.05, 0.1) is 6.61 Å². The lowest BCUT2D eigenvalue weighted by Gasteiger charge is -2.21. The highest BCUT2D eigenvalue weighted by molar-refractivity contribution is 5.77. The third-order valence-corrected chi connectivity index (χ3v) is 2.67. The Hall–Kier alpha value is -1.46. The standard InChI is InChI=1S/C11H19NO5/c1-4-6-9(7-13)10(8(3)12(15)16)11(14)17-5-2/h7-10H,4-6H2,1-3H3/t8-,9+,10+/m1/s1. The van der Waals surface area contributed by atoms with Crippen LogP contribution in [0.25, 0.3) is 0 Å². The molecular weight excluding hydrogens is 226 g/mol. The van der Waals surface area contributed by atoms with E-state index >= 15 is 0 Å². The molecule has 0 aliphatic heterocycles. The molecule has 98 valence electrons.